The molecule has 0 bridgehead atoms. The summed E-state index contributed by atoms with van der Waals surface area (Å²) in [6.07, 6.45) is 10.6. The Kier molecular flexibility index (Phi) is 8.51. The highest BCUT2D eigenvalue weighted by Gasteiger charge is 1.96. The van der Waals surface area contributed by atoms with Crippen LogP contribution in [0.2, 0.25) is 0 Å². The van der Waals surface area contributed by atoms with Crippen molar-refractivity contribution in [1.82, 2.24) is 20.2 Å². The van der Waals surface area contributed by atoms with E-state index < -0.39 is 0 Å². The lowest BCUT2D eigenvalue weighted by Crippen LogP contribution is -2.38. The van der Waals surface area contributed by atoms with Crippen LogP contribution in [-0.2, 0) is 6.54 Å². The van der Waals surface area contributed by atoms with Crippen LogP contribution in [-0.4, -0.2) is 35.1 Å². The monoisotopic (exact) mass is 265 g/mol. The number of rotatable bonds is 9. The number of hydrogen-bond donors (Lipinski definition) is 2. The van der Waals surface area contributed by atoms with Crippen LogP contribution in [0.5, 0.6) is 0 Å². The molecule has 1 rings (SSSR count). The molecule has 2 N–H and O–H groups in total. The second kappa shape index (κ2) is 10.4. The first-order valence-electron chi connectivity index (χ1n) is 7.34. The summed E-state index contributed by atoms with van der Waals surface area (Å²) < 4.78 is 2.05. The van der Waals surface area contributed by atoms with Gasteiger partial charge in [-0.15, -0.1) is 0 Å². The topological polar surface area (TPSA) is 54.2 Å². The molecule has 0 saturated carbocycles. The predicted molar refractivity (Wildman–Crippen MR) is 80.4 cm³/mol. The number of nitrogens with zero attached hydrogens (tertiary/aromatic N) is 3. The van der Waals surface area contributed by atoms with Crippen LogP contribution in [0, 0.1) is 0 Å². The van der Waals surface area contributed by atoms with Gasteiger partial charge >= 0.3 is 0 Å². The molecule has 19 heavy (non-hydrogen) atoms. The lowest BCUT2D eigenvalue weighted by atomic mass is 10.2. The average Bonchev–Trinajstić information content (AvgIpc) is 2.91. The molecular formula is C14H27N5. The molecule has 1 heterocycles. The molecule has 1 aromatic heterocycles. The summed E-state index contributed by atoms with van der Waals surface area (Å²) in [6.45, 7) is 7.87. The first-order valence-corrected chi connectivity index (χ1v) is 7.34. The fourth-order valence-electron chi connectivity index (χ4n) is 1.79. The van der Waals surface area contributed by atoms with Gasteiger partial charge in [0, 0.05) is 38.6 Å². The van der Waals surface area contributed by atoms with Crippen molar-refractivity contribution < 1.29 is 0 Å². The largest absolute Gasteiger partial charge is 0.357 e. The van der Waals surface area contributed by atoms with Crippen molar-refractivity contribution in [2.24, 2.45) is 4.99 Å². The Morgan fingerprint density at radius 3 is 2.79 bits per heavy atom. The van der Waals surface area contributed by atoms with Gasteiger partial charge in [0.15, 0.2) is 5.96 Å². The van der Waals surface area contributed by atoms with Gasteiger partial charge in [0.2, 0.25) is 0 Å². The highest BCUT2D eigenvalue weighted by atomic mass is 15.2. The minimum atomic E-state index is 0.858. The van der Waals surface area contributed by atoms with E-state index in [1.54, 1.807) is 6.20 Å². The maximum atomic E-state index is 4.57. The second-order valence-corrected chi connectivity index (χ2v) is 4.55. The molecule has 0 fully saturated rings. The molecule has 0 spiro atoms. The highest BCUT2D eigenvalue weighted by Crippen LogP contribution is 1.98. The molecule has 0 aliphatic carbocycles. The van der Waals surface area contributed by atoms with Gasteiger partial charge in [-0.05, 0) is 13.3 Å². The van der Waals surface area contributed by atoms with Crippen molar-refractivity contribution >= 4 is 5.96 Å². The molecule has 0 aliphatic rings. The van der Waals surface area contributed by atoms with Gasteiger partial charge in [0.05, 0.1) is 6.33 Å². The molecule has 0 radical (unpaired) electrons. The molecule has 5 nitrogen and oxygen atoms in total. The number of hydrogen-bond acceptors (Lipinski definition) is 2. The van der Waals surface area contributed by atoms with Crippen LogP contribution in [0.15, 0.2) is 23.7 Å². The summed E-state index contributed by atoms with van der Waals surface area (Å²) >= 11 is 0. The van der Waals surface area contributed by atoms with Crippen molar-refractivity contribution in [2.45, 2.75) is 46.1 Å². The molecule has 0 unspecified atom stereocenters. The highest BCUT2D eigenvalue weighted by molar-refractivity contribution is 5.79. The van der Waals surface area contributed by atoms with Gasteiger partial charge in [0.25, 0.3) is 0 Å². The van der Waals surface area contributed by atoms with Crippen LogP contribution in [0.4, 0.5) is 0 Å². The minimum Gasteiger partial charge on any atom is -0.357 e. The fourth-order valence-corrected chi connectivity index (χ4v) is 1.79. The van der Waals surface area contributed by atoms with E-state index in [0.29, 0.717) is 0 Å². The van der Waals surface area contributed by atoms with E-state index in [9.17, 15) is 0 Å². The van der Waals surface area contributed by atoms with Crippen molar-refractivity contribution in [3.05, 3.63) is 18.7 Å². The molecule has 0 amide bonds. The smallest absolute Gasteiger partial charge is 0.191 e. The third-order valence-corrected chi connectivity index (χ3v) is 2.85. The van der Waals surface area contributed by atoms with Gasteiger partial charge in [-0.2, -0.15) is 0 Å². The summed E-state index contributed by atoms with van der Waals surface area (Å²) in [4.78, 5) is 8.60. The fraction of sp³-hybridized carbons (Fsp3) is 0.714. The van der Waals surface area contributed by atoms with Gasteiger partial charge in [0.1, 0.15) is 0 Å². The Bertz CT molecular complexity index is 332. The molecule has 0 aromatic carbocycles. The molecule has 5 heteroatoms. The number of aliphatic imine (C=N–C) groups is 1. The van der Waals surface area contributed by atoms with E-state index in [0.717, 1.165) is 32.1 Å². The Morgan fingerprint density at radius 2 is 2.11 bits per heavy atom. The van der Waals surface area contributed by atoms with Gasteiger partial charge in [-0.3, -0.25) is 4.99 Å². The average molecular weight is 265 g/mol. The maximum absolute atomic E-state index is 4.57. The first kappa shape index (κ1) is 15.5. The van der Waals surface area contributed by atoms with E-state index in [1.807, 2.05) is 12.5 Å². The van der Waals surface area contributed by atoms with Crippen LogP contribution < -0.4 is 10.6 Å². The number of aromatic nitrogens is 2. The Morgan fingerprint density at radius 1 is 1.21 bits per heavy atom. The van der Waals surface area contributed by atoms with E-state index in [2.05, 4.69) is 39.0 Å². The zero-order chi connectivity index (χ0) is 13.8. The van der Waals surface area contributed by atoms with Crippen molar-refractivity contribution in [1.29, 1.82) is 0 Å². The number of imidazole rings is 1. The molecule has 108 valence electrons. The van der Waals surface area contributed by atoms with E-state index in [4.69, 9.17) is 0 Å². The summed E-state index contributed by atoms with van der Waals surface area (Å²) in [6, 6.07) is 0. The lowest BCUT2D eigenvalue weighted by molar-refractivity contribution is 0.652. The summed E-state index contributed by atoms with van der Waals surface area (Å²) in [5.41, 5.74) is 0. The Labute approximate surface area is 116 Å². The number of guanidine groups is 1. The summed E-state index contributed by atoms with van der Waals surface area (Å²) in [5.74, 6) is 0.916. The zero-order valence-electron chi connectivity index (χ0n) is 12.2. The van der Waals surface area contributed by atoms with Gasteiger partial charge in [-0.25, -0.2) is 4.98 Å². The van der Waals surface area contributed by atoms with Crippen LogP contribution >= 0.6 is 0 Å². The number of nitrogens with one attached hydrogen (secondary N) is 2. The molecule has 0 atom stereocenters. The van der Waals surface area contributed by atoms with Gasteiger partial charge in [-0.1, -0.05) is 26.2 Å². The molecule has 0 saturated heterocycles. The van der Waals surface area contributed by atoms with E-state index in [1.165, 1.54) is 25.7 Å². The third kappa shape index (κ3) is 7.49. The van der Waals surface area contributed by atoms with E-state index >= 15 is 0 Å². The van der Waals surface area contributed by atoms with Gasteiger partial charge < -0.3 is 15.2 Å². The molecular weight excluding hydrogens is 238 g/mol. The van der Waals surface area contributed by atoms with Crippen molar-refractivity contribution in [2.75, 3.05) is 19.6 Å². The minimum absolute atomic E-state index is 0.858. The summed E-state index contributed by atoms with van der Waals surface area (Å²) in [7, 11) is 0. The van der Waals surface area contributed by atoms with Crippen molar-refractivity contribution in [3.8, 4) is 0 Å². The van der Waals surface area contributed by atoms with Crippen molar-refractivity contribution in [3.63, 3.8) is 0 Å². The normalized spacial score (nSPS) is 11.6. The second-order valence-electron chi connectivity index (χ2n) is 4.55. The quantitative estimate of drug-likeness (QED) is 0.408. The van der Waals surface area contributed by atoms with Crippen LogP contribution in [0.3, 0.4) is 0 Å². The van der Waals surface area contributed by atoms with Crippen LogP contribution in [0.25, 0.3) is 0 Å². The number of unbranched alkanes of at least 4 members (excludes halogenated alkanes) is 3. The first-order chi connectivity index (χ1) is 9.36. The SMILES string of the molecule is CCCCCCN=C(NCC)NCCn1ccnc1. The molecule has 1 aromatic rings. The van der Waals surface area contributed by atoms with Crippen LogP contribution in [0.1, 0.15) is 39.5 Å². The standard InChI is InChI=1S/C14H27N5/c1-3-5-6-7-8-17-14(16-4-2)18-10-12-19-11-9-15-13-19/h9,11,13H,3-8,10,12H2,1-2H3,(H2,16,17,18). The molecule has 0 aliphatic heterocycles. The third-order valence-electron chi connectivity index (χ3n) is 2.85. The van der Waals surface area contributed by atoms with E-state index in [-0.39, 0.29) is 0 Å². The summed E-state index contributed by atoms with van der Waals surface area (Å²) in [5, 5.41) is 6.61. The Hall–Kier alpha value is -1.52. The Balaban J connectivity index is 2.20. The lowest BCUT2D eigenvalue weighted by Gasteiger charge is -2.11. The zero-order valence-corrected chi connectivity index (χ0v) is 12.2. The predicted octanol–water partition coefficient (Wildman–Crippen LogP) is 2.02. The maximum Gasteiger partial charge on any atom is 0.191 e.